The smallest absolute Gasteiger partial charge is 0.320 e. The van der Waals surface area contributed by atoms with Gasteiger partial charge in [-0.15, -0.1) is 16.1 Å². The van der Waals surface area contributed by atoms with Gasteiger partial charge in [-0.1, -0.05) is 11.6 Å². The van der Waals surface area contributed by atoms with Crippen molar-refractivity contribution in [2.75, 3.05) is 5.32 Å². The van der Waals surface area contributed by atoms with Gasteiger partial charge >= 0.3 is 6.18 Å². The number of aromatic nitrogens is 7. The Morgan fingerprint density at radius 1 is 1.22 bits per heavy atom. The summed E-state index contributed by atoms with van der Waals surface area (Å²) in [5.74, 6) is -0.878. The summed E-state index contributed by atoms with van der Waals surface area (Å²) in [6.45, 7) is 1.54. The van der Waals surface area contributed by atoms with Crippen LogP contribution in [0.15, 0.2) is 42.3 Å². The van der Waals surface area contributed by atoms with Crippen molar-refractivity contribution < 1.29 is 18.0 Å². The van der Waals surface area contributed by atoms with Crippen molar-refractivity contribution >= 4 is 44.6 Å². The number of anilines is 1. The van der Waals surface area contributed by atoms with Crippen molar-refractivity contribution in [3.63, 3.8) is 0 Å². The third-order valence-electron chi connectivity index (χ3n) is 5.09. The van der Waals surface area contributed by atoms with Gasteiger partial charge in [0.15, 0.2) is 17.2 Å². The lowest BCUT2D eigenvalue weighted by molar-refractivity contribution is -0.143. The number of amides is 1. The number of hydrogen-bond acceptors (Lipinski definition) is 8. The molecule has 0 aliphatic carbocycles. The zero-order valence-electron chi connectivity index (χ0n) is 17.9. The van der Waals surface area contributed by atoms with Crippen LogP contribution in [0, 0.1) is 18.3 Å². The number of carbonyl (C=O) groups excluding carboxylic acids is 1. The Bertz CT molecular complexity index is 1670. The van der Waals surface area contributed by atoms with Crippen molar-refractivity contribution in [3.8, 4) is 17.6 Å². The molecule has 10 nitrogen and oxygen atoms in total. The van der Waals surface area contributed by atoms with Gasteiger partial charge in [-0.05, 0) is 24.4 Å². The Morgan fingerprint density at radius 3 is 2.67 bits per heavy atom. The Labute approximate surface area is 208 Å². The molecule has 5 aromatic rings. The average molecular weight is 530 g/mol. The monoisotopic (exact) mass is 529 g/mol. The second-order valence-corrected chi connectivity index (χ2v) is 8.61. The fourth-order valence-corrected chi connectivity index (χ4v) is 4.59. The van der Waals surface area contributed by atoms with E-state index in [0.717, 1.165) is 23.7 Å². The fraction of sp³-hybridized carbons (Fsp3) is 0.0952. The predicted molar refractivity (Wildman–Crippen MR) is 123 cm³/mol. The van der Waals surface area contributed by atoms with Crippen LogP contribution in [0.4, 0.5) is 18.9 Å². The first kappa shape index (κ1) is 23.4. The average Bonchev–Trinajstić information content (AvgIpc) is 3.60. The largest absolute Gasteiger partial charge is 0.434 e. The van der Waals surface area contributed by atoms with E-state index in [9.17, 15) is 23.2 Å². The first-order chi connectivity index (χ1) is 17.2. The summed E-state index contributed by atoms with van der Waals surface area (Å²) in [6, 6.07) is 4.82. The molecule has 0 bridgehead atoms. The van der Waals surface area contributed by atoms with Gasteiger partial charge in [-0.3, -0.25) is 4.79 Å². The Hall–Kier alpha value is -4.35. The molecule has 0 saturated heterocycles. The molecule has 180 valence electrons. The van der Waals surface area contributed by atoms with Gasteiger partial charge in [0, 0.05) is 5.39 Å². The predicted octanol–water partition coefficient (Wildman–Crippen LogP) is 4.56. The van der Waals surface area contributed by atoms with Crippen LogP contribution in [0.5, 0.6) is 0 Å². The van der Waals surface area contributed by atoms with E-state index in [2.05, 4.69) is 30.6 Å². The summed E-state index contributed by atoms with van der Waals surface area (Å²) in [4.78, 5) is 22.4. The maximum Gasteiger partial charge on any atom is 0.434 e. The number of pyridine rings is 2. The van der Waals surface area contributed by atoms with E-state index in [0.29, 0.717) is 14.8 Å². The number of alkyl halides is 3. The van der Waals surface area contributed by atoms with Gasteiger partial charge in [0.25, 0.3) is 5.91 Å². The number of thiophene rings is 1. The van der Waals surface area contributed by atoms with Crippen LogP contribution in [0.1, 0.15) is 27.4 Å². The Kier molecular flexibility index (Phi) is 5.65. The minimum Gasteiger partial charge on any atom is -0.320 e. The summed E-state index contributed by atoms with van der Waals surface area (Å²) in [5, 5.41) is 25.4. The highest BCUT2D eigenvalue weighted by Crippen LogP contribution is 2.37. The van der Waals surface area contributed by atoms with Crippen LogP contribution < -0.4 is 5.32 Å². The second-order valence-electron chi connectivity index (χ2n) is 7.28. The third kappa shape index (κ3) is 3.93. The number of aryl methyl sites for hydroxylation is 1. The first-order valence-electron chi connectivity index (χ1n) is 9.96. The molecular formula is C21H11ClF3N9OS. The molecule has 15 heteroatoms. The van der Waals surface area contributed by atoms with Gasteiger partial charge < -0.3 is 5.32 Å². The van der Waals surface area contributed by atoms with Crippen molar-refractivity contribution in [1.29, 1.82) is 5.26 Å². The van der Waals surface area contributed by atoms with Gasteiger partial charge in [-0.2, -0.15) is 33.7 Å². The standard InChI is InChI=1S/C21H11ClF3N9OS/c1-10-14(6-13(22)19(31-10)34-28-3-4-29-34)32-20(35)12-8-30-33(18(12)21(23,24)25)16-9-27-15(7-26)17-11(16)2-5-36-17/h2-6,8-9H,1H3,(H,32,35). The van der Waals surface area contributed by atoms with E-state index >= 15 is 0 Å². The molecule has 5 aromatic heterocycles. The summed E-state index contributed by atoms with van der Waals surface area (Å²) < 4.78 is 43.6. The molecule has 0 aliphatic heterocycles. The topological polar surface area (TPSA) is 127 Å². The minimum atomic E-state index is -4.94. The summed E-state index contributed by atoms with van der Waals surface area (Å²) in [5.41, 5.74) is -1.58. The molecule has 5 heterocycles. The van der Waals surface area contributed by atoms with Gasteiger partial charge in [0.05, 0.1) is 57.1 Å². The zero-order chi connectivity index (χ0) is 25.6. The highest BCUT2D eigenvalue weighted by molar-refractivity contribution is 7.17. The highest BCUT2D eigenvalue weighted by Gasteiger charge is 2.41. The second kappa shape index (κ2) is 8.70. The third-order valence-corrected chi connectivity index (χ3v) is 6.29. The van der Waals surface area contributed by atoms with Crippen LogP contribution in [0.25, 0.3) is 21.6 Å². The van der Waals surface area contributed by atoms with E-state index in [1.54, 1.807) is 18.4 Å². The lowest BCUT2D eigenvalue weighted by Gasteiger charge is -2.14. The zero-order valence-corrected chi connectivity index (χ0v) is 19.5. The minimum absolute atomic E-state index is 0.0198. The number of hydrogen-bond donors (Lipinski definition) is 1. The molecule has 0 aliphatic rings. The van der Waals surface area contributed by atoms with E-state index in [-0.39, 0.29) is 33.6 Å². The van der Waals surface area contributed by atoms with E-state index < -0.39 is 23.3 Å². The molecule has 0 unspecified atom stereocenters. The Balaban J connectivity index is 1.56. The quantitative estimate of drug-likeness (QED) is 0.361. The number of nitrogens with zero attached hydrogens (tertiary/aromatic N) is 8. The molecular weight excluding hydrogens is 519 g/mol. The van der Waals surface area contributed by atoms with Crippen molar-refractivity contribution in [1.82, 2.24) is 34.7 Å². The fourth-order valence-electron chi connectivity index (χ4n) is 3.52. The number of carbonyl (C=O) groups is 1. The molecule has 0 atom stereocenters. The number of nitriles is 1. The van der Waals surface area contributed by atoms with Crippen LogP contribution in [-0.4, -0.2) is 40.6 Å². The molecule has 36 heavy (non-hydrogen) atoms. The lowest BCUT2D eigenvalue weighted by atomic mass is 10.2. The number of nitrogens with one attached hydrogen (secondary N) is 1. The van der Waals surface area contributed by atoms with Gasteiger partial charge in [-0.25, -0.2) is 14.6 Å². The highest BCUT2D eigenvalue weighted by atomic mass is 35.5. The molecule has 0 fully saturated rings. The maximum atomic E-state index is 14.2. The number of halogens is 4. The first-order valence-corrected chi connectivity index (χ1v) is 11.2. The SMILES string of the molecule is Cc1nc(-n2nccn2)c(Cl)cc1NC(=O)c1cnn(-c2cnc(C#N)c3sccc23)c1C(F)(F)F. The molecule has 0 radical (unpaired) electrons. The number of rotatable bonds is 4. The van der Waals surface area contributed by atoms with Crippen molar-refractivity contribution in [2.45, 2.75) is 13.1 Å². The summed E-state index contributed by atoms with van der Waals surface area (Å²) in [6.07, 6.45) is -0.159. The molecule has 5 rings (SSSR count). The normalized spacial score (nSPS) is 11.6. The van der Waals surface area contributed by atoms with Crippen LogP contribution in [0.2, 0.25) is 5.02 Å². The van der Waals surface area contributed by atoms with Crippen molar-refractivity contribution in [3.05, 3.63) is 70.0 Å². The van der Waals surface area contributed by atoms with Crippen LogP contribution in [0.3, 0.4) is 0 Å². The van der Waals surface area contributed by atoms with E-state index in [1.165, 1.54) is 23.3 Å². The van der Waals surface area contributed by atoms with Crippen LogP contribution in [-0.2, 0) is 6.18 Å². The molecule has 0 aromatic carbocycles. The van der Waals surface area contributed by atoms with Gasteiger partial charge in [0.1, 0.15) is 6.07 Å². The lowest BCUT2D eigenvalue weighted by Crippen LogP contribution is -2.21. The molecule has 1 N–H and O–H groups in total. The molecule has 1 amide bonds. The summed E-state index contributed by atoms with van der Waals surface area (Å²) in [7, 11) is 0. The van der Waals surface area contributed by atoms with Crippen molar-refractivity contribution in [2.24, 2.45) is 0 Å². The molecule has 0 saturated carbocycles. The van der Waals surface area contributed by atoms with E-state index in [1.807, 2.05) is 6.07 Å². The summed E-state index contributed by atoms with van der Waals surface area (Å²) >= 11 is 7.40. The van der Waals surface area contributed by atoms with Gasteiger partial charge in [0.2, 0.25) is 0 Å². The Morgan fingerprint density at radius 2 is 1.97 bits per heavy atom. The van der Waals surface area contributed by atoms with Crippen LogP contribution >= 0.6 is 22.9 Å². The maximum absolute atomic E-state index is 14.2. The molecule has 0 spiro atoms. The number of fused-ring (bicyclic) bond motifs is 1. The van der Waals surface area contributed by atoms with E-state index in [4.69, 9.17) is 11.6 Å².